The summed E-state index contributed by atoms with van der Waals surface area (Å²) in [7, 11) is 8.01. The van der Waals surface area contributed by atoms with E-state index in [0.717, 1.165) is 0 Å². The van der Waals surface area contributed by atoms with Crippen molar-refractivity contribution in [2.24, 2.45) is 0 Å². The molecule has 0 saturated carbocycles. The number of hydrogen-bond acceptors (Lipinski definition) is 6. The Morgan fingerprint density at radius 2 is 1.35 bits per heavy atom. The first kappa shape index (κ1) is 14.8. The van der Waals surface area contributed by atoms with Crippen LogP contribution in [-0.2, 0) is 28.4 Å². The summed E-state index contributed by atoms with van der Waals surface area (Å²) < 4.78 is 32.3. The van der Waals surface area contributed by atoms with Crippen LogP contribution in [0, 0.1) is 0 Å². The van der Waals surface area contributed by atoms with Gasteiger partial charge >= 0.3 is 0 Å². The van der Waals surface area contributed by atoms with Gasteiger partial charge in [-0.15, -0.1) is 0 Å². The summed E-state index contributed by atoms with van der Waals surface area (Å²) in [6.07, 6.45) is -1.58. The Balaban J connectivity index is 2.84. The Morgan fingerprint density at radius 1 is 0.765 bits per heavy atom. The van der Waals surface area contributed by atoms with E-state index in [4.69, 9.17) is 28.4 Å². The van der Waals surface area contributed by atoms with Crippen molar-refractivity contribution in [1.82, 2.24) is 0 Å². The molecule has 0 N–H and O–H groups in total. The van der Waals surface area contributed by atoms with Gasteiger partial charge in [0.2, 0.25) is 0 Å². The Morgan fingerprint density at radius 3 is 1.76 bits per heavy atom. The lowest BCUT2D eigenvalue weighted by Gasteiger charge is -2.44. The molecule has 6 heteroatoms. The first-order valence-electron chi connectivity index (χ1n) is 5.49. The molecular formula is C11H22O6. The molecule has 0 aromatic heterocycles. The highest BCUT2D eigenvalue weighted by molar-refractivity contribution is 4.92. The van der Waals surface area contributed by atoms with Gasteiger partial charge in [0, 0.05) is 35.5 Å². The maximum atomic E-state index is 5.74. The third-order valence-corrected chi connectivity index (χ3v) is 2.97. The van der Waals surface area contributed by atoms with Gasteiger partial charge in [0.05, 0.1) is 6.61 Å². The average molecular weight is 250 g/mol. The molecule has 1 aliphatic heterocycles. The van der Waals surface area contributed by atoms with Crippen molar-refractivity contribution >= 4 is 0 Å². The maximum Gasteiger partial charge on any atom is 0.186 e. The van der Waals surface area contributed by atoms with Crippen molar-refractivity contribution in [2.75, 3.05) is 42.2 Å². The molecule has 1 heterocycles. The van der Waals surface area contributed by atoms with Gasteiger partial charge in [0.25, 0.3) is 0 Å². The molecule has 0 aromatic rings. The zero-order chi connectivity index (χ0) is 12.8. The summed E-state index contributed by atoms with van der Waals surface area (Å²) in [6.45, 7) is 0.411. The predicted molar refractivity (Wildman–Crippen MR) is 59.9 cm³/mol. The molecule has 0 spiro atoms. The monoisotopic (exact) mass is 250 g/mol. The van der Waals surface area contributed by atoms with Crippen LogP contribution in [0.1, 0.15) is 0 Å². The first-order chi connectivity index (χ1) is 8.23. The molecular weight excluding hydrogens is 228 g/mol. The van der Waals surface area contributed by atoms with Crippen molar-refractivity contribution in [3.63, 3.8) is 0 Å². The highest BCUT2D eigenvalue weighted by Crippen LogP contribution is 2.27. The Labute approximate surface area is 102 Å². The quantitative estimate of drug-likeness (QED) is 0.664. The van der Waals surface area contributed by atoms with Crippen LogP contribution in [0.4, 0.5) is 0 Å². The van der Waals surface area contributed by atoms with Crippen LogP contribution in [0.5, 0.6) is 0 Å². The summed E-state index contributed by atoms with van der Waals surface area (Å²) in [5.74, 6) is 0. The number of hydrogen-bond donors (Lipinski definition) is 0. The van der Waals surface area contributed by atoms with E-state index in [9.17, 15) is 0 Å². The average Bonchev–Trinajstić information content (AvgIpc) is 2.37. The van der Waals surface area contributed by atoms with E-state index in [1.54, 1.807) is 35.5 Å². The van der Waals surface area contributed by atoms with E-state index < -0.39 is 6.29 Å². The molecule has 1 saturated heterocycles. The van der Waals surface area contributed by atoms with Gasteiger partial charge in [0.15, 0.2) is 6.29 Å². The lowest BCUT2D eigenvalue weighted by atomic mass is 9.98. The molecule has 0 unspecified atom stereocenters. The van der Waals surface area contributed by atoms with Crippen LogP contribution >= 0.6 is 0 Å². The maximum absolute atomic E-state index is 5.74. The van der Waals surface area contributed by atoms with Crippen molar-refractivity contribution in [3.05, 3.63) is 0 Å². The van der Waals surface area contributed by atoms with Crippen LogP contribution in [0.2, 0.25) is 0 Å². The fourth-order valence-corrected chi connectivity index (χ4v) is 2.17. The molecule has 17 heavy (non-hydrogen) atoms. The van der Waals surface area contributed by atoms with Crippen molar-refractivity contribution in [2.45, 2.75) is 30.7 Å². The second-order valence-electron chi connectivity index (χ2n) is 3.83. The fourth-order valence-electron chi connectivity index (χ4n) is 2.17. The van der Waals surface area contributed by atoms with Gasteiger partial charge in [0.1, 0.15) is 24.4 Å². The van der Waals surface area contributed by atoms with Gasteiger partial charge in [-0.1, -0.05) is 0 Å². The molecule has 0 aliphatic carbocycles. The topological polar surface area (TPSA) is 55.4 Å². The van der Waals surface area contributed by atoms with Gasteiger partial charge < -0.3 is 28.4 Å². The van der Waals surface area contributed by atoms with Gasteiger partial charge in [-0.3, -0.25) is 0 Å². The lowest BCUT2D eigenvalue weighted by Crippen LogP contribution is -2.61. The molecule has 5 atom stereocenters. The minimum Gasteiger partial charge on any atom is -0.382 e. The van der Waals surface area contributed by atoms with Gasteiger partial charge in [-0.2, -0.15) is 0 Å². The minimum atomic E-state index is -0.489. The van der Waals surface area contributed by atoms with E-state index in [1.807, 2.05) is 0 Å². The Bertz CT molecular complexity index is 212. The molecule has 6 nitrogen and oxygen atoms in total. The van der Waals surface area contributed by atoms with Crippen molar-refractivity contribution in [1.29, 1.82) is 0 Å². The smallest absolute Gasteiger partial charge is 0.186 e. The second-order valence-corrected chi connectivity index (χ2v) is 3.83. The summed E-state index contributed by atoms with van der Waals surface area (Å²) in [5.41, 5.74) is 0. The van der Waals surface area contributed by atoms with Gasteiger partial charge in [-0.25, -0.2) is 0 Å². The number of methoxy groups -OCH3 is 5. The highest BCUT2D eigenvalue weighted by Gasteiger charge is 2.47. The standard InChI is InChI=1S/C11H22O6/c1-12-6-7-8(13-2)9(14-3)10(15-4)11(16-5)17-7/h7-11H,6H2,1-5H3/t7-,8-,9+,10+,11-/m1/s1. The van der Waals surface area contributed by atoms with E-state index in [1.165, 1.54) is 0 Å². The molecule has 102 valence electrons. The van der Waals surface area contributed by atoms with Crippen LogP contribution in [-0.4, -0.2) is 72.9 Å². The summed E-state index contributed by atoms with van der Waals surface area (Å²) in [5, 5.41) is 0. The zero-order valence-electron chi connectivity index (χ0n) is 11.0. The first-order valence-corrected chi connectivity index (χ1v) is 5.49. The van der Waals surface area contributed by atoms with Crippen LogP contribution in [0.25, 0.3) is 0 Å². The van der Waals surface area contributed by atoms with Gasteiger partial charge in [-0.05, 0) is 0 Å². The molecule has 0 bridgehead atoms. The molecule has 1 fully saturated rings. The summed E-state index contributed by atoms with van der Waals surface area (Å²) in [4.78, 5) is 0. The highest BCUT2D eigenvalue weighted by atomic mass is 16.7. The summed E-state index contributed by atoms with van der Waals surface area (Å²) >= 11 is 0. The van der Waals surface area contributed by atoms with Crippen LogP contribution < -0.4 is 0 Å². The van der Waals surface area contributed by atoms with E-state index in [-0.39, 0.29) is 24.4 Å². The predicted octanol–water partition coefficient (Wildman–Crippen LogP) is 0.0491. The molecule has 0 aromatic carbocycles. The minimum absolute atomic E-state index is 0.244. The zero-order valence-corrected chi connectivity index (χ0v) is 11.0. The van der Waals surface area contributed by atoms with Crippen LogP contribution in [0.15, 0.2) is 0 Å². The SMILES string of the molecule is COC[C@H]1O[C@@H](OC)[C@@H](OC)[C@@H](OC)[C@@H]1OC. The molecule has 0 amide bonds. The van der Waals surface area contributed by atoms with E-state index in [2.05, 4.69) is 0 Å². The van der Waals surface area contributed by atoms with Crippen LogP contribution in [0.3, 0.4) is 0 Å². The van der Waals surface area contributed by atoms with E-state index >= 15 is 0 Å². The molecule has 0 radical (unpaired) electrons. The largest absolute Gasteiger partial charge is 0.382 e. The molecule has 1 rings (SSSR count). The third kappa shape index (κ3) is 3.15. The Kier molecular flexibility index (Phi) is 6.32. The molecule has 1 aliphatic rings. The summed E-state index contributed by atoms with van der Waals surface area (Å²) in [6, 6.07) is 0. The van der Waals surface area contributed by atoms with E-state index in [0.29, 0.717) is 6.61 Å². The third-order valence-electron chi connectivity index (χ3n) is 2.97. The number of ether oxygens (including phenoxy) is 6. The number of rotatable bonds is 6. The lowest BCUT2D eigenvalue weighted by molar-refractivity contribution is -0.307. The van der Waals surface area contributed by atoms with Crippen molar-refractivity contribution in [3.8, 4) is 0 Å². The normalized spacial score (nSPS) is 38.3. The van der Waals surface area contributed by atoms with Crippen molar-refractivity contribution < 1.29 is 28.4 Å². The Hall–Kier alpha value is -0.240. The second kappa shape index (κ2) is 7.25. The fraction of sp³-hybridized carbons (Fsp3) is 1.00.